The molecule has 2 N–H and O–H groups in total. The summed E-state index contributed by atoms with van der Waals surface area (Å²) in [5.41, 5.74) is 0. The number of carbonyl (C=O) groups excluding carboxylic acids is 1. The predicted octanol–water partition coefficient (Wildman–Crippen LogP) is 0.587. The summed E-state index contributed by atoms with van der Waals surface area (Å²) >= 11 is 0. The summed E-state index contributed by atoms with van der Waals surface area (Å²) in [5.74, 6) is -1.17. The Bertz CT molecular complexity index is 336. The second-order valence-electron chi connectivity index (χ2n) is 5.40. The monoisotopic (exact) mass is 269 g/mol. The molecule has 2 saturated heterocycles. The van der Waals surface area contributed by atoms with E-state index >= 15 is 0 Å². The van der Waals surface area contributed by atoms with Crippen LogP contribution >= 0.6 is 0 Å². The molecule has 19 heavy (non-hydrogen) atoms. The average molecular weight is 269 g/mol. The van der Waals surface area contributed by atoms with E-state index in [0.29, 0.717) is 19.1 Å². The molecule has 2 aliphatic heterocycles. The van der Waals surface area contributed by atoms with E-state index in [4.69, 9.17) is 5.11 Å². The molecule has 0 aromatic heterocycles. The molecule has 2 aliphatic rings. The van der Waals surface area contributed by atoms with E-state index in [1.54, 1.807) is 4.90 Å². The SMILES string of the molecule is CCCN(C(=O)N1CC(C(=O)O)C1)C1CCNCC1. The number of carboxylic acids is 1. The zero-order valence-electron chi connectivity index (χ0n) is 11.5. The Hall–Kier alpha value is -1.30. The summed E-state index contributed by atoms with van der Waals surface area (Å²) in [4.78, 5) is 26.8. The van der Waals surface area contributed by atoms with Crippen LogP contribution in [0.3, 0.4) is 0 Å². The normalized spacial score (nSPS) is 21.0. The Morgan fingerprint density at radius 2 is 1.95 bits per heavy atom. The molecule has 0 aromatic rings. The molecule has 0 atom stereocenters. The number of likely N-dealkylation sites (tertiary alicyclic amines) is 1. The van der Waals surface area contributed by atoms with Gasteiger partial charge in [-0.1, -0.05) is 6.92 Å². The lowest BCUT2D eigenvalue weighted by Gasteiger charge is -2.43. The zero-order valence-corrected chi connectivity index (χ0v) is 11.5. The summed E-state index contributed by atoms with van der Waals surface area (Å²) in [6.45, 7) is 5.46. The van der Waals surface area contributed by atoms with Gasteiger partial charge >= 0.3 is 12.0 Å². The largest absolute Gasteiger partial charge is 0.481 e. The smallest absolute Gasteiger partial charge is 0.320 e. The van der Waals surface area contributed by atoms with Crippen molar-refractivity contribution in [1.29, 1.82) is 0 Å². The van der Waals surface area contributed by atoms with E-state index in [0.717, 1.165) is 38.9 Å². The second-order valence-corrected chi connectivity index (χ2v) is 5.40. The van der Waals surface area contributed by atoms with Gasteiger partial charge in [0, 0.05) is 25.7 Å². The molecule has 2 fully saturated rings. The summed E-state index contributed by atoms with van der Waals surface area (Å²) < 4.78 is 0. The van der Waals surface area contributed by atoms with E-state index in [1.165, 1.54) is 0 Å². The van der Waals surface area contributed by atoms with Crippen molar-refractivity contribution in [3.63, 3.8) is 0 Å². The van der Waals surface area contributed by atoms with Gasteiger partial charge in [-0.05, 0) is 32.4 Å². The molecule has 0 unspecified atom stereocenters. The Morgan fingerprint density at radius 3 is 2.47 bits per heavy atom. The molecule has 2 rings (SSSR count). The van der Waals surface area contributed by atoms with Gasteiger partial charge in [0.2, 0.25) is 0 Å². The van der Waals surface area contributed by atoms with Crippen molar-refractivity contribution in [2.24, 2.45) is 5.92 Å². The molecule has 6 heteroatoms. The van der Waals surface area contributed by atoms with Gasteiger partial charge in [-0.15, -0.1) is 0 Å². The fourth-order valence-electron chi connectivity index (χ4n) is 2.77. The van der Waals surface area contributed by atoms with Gasteiger partial charge in [-0.2, -0.15) is 0 Å². The number of nitrogens with zero attached hydrogens (tertiary/aromatic N) is 2. The molecule has 108 valence electrons. The lowest BCUT2D eigenvalue weighted by atomic mass is 10.00. The van der Waals surface area contributed by atoms with Gasteiger partial charge in [-0.3, -0.25) is 4.79 Å². The first-order valence-electron chi connectivity index (χ1n) is 7.12. The highest BCUT2D eigenvalue weighted by molar-refractivity contribution is 5.80. The molecule has 0 spiro atoms. The van der Waals surface area contributed by atoms with Crippen molar-refractivity contribution in [3.8, 4) is 0 Å². The van der Waals surface area contributed by atoms with Crippen LogP contribution in [0.4, 0.5) is 4.79 Å². The first-order valence-corrected chi connectivity index (χ1v) is 7.12. The van der Waals surface area contributed by atoms with Gasteiger partial charge in [0.05, 0.1) is 5.92 Å². The fourth-order valence-corrected chi connectivity index (χ4v) is 2.77. The average Bonchev–Trinajstić information content (AvgIpc) is 2.34. The molecule has 0 radical (unpaired) electrons. The van der Waals surface area contributed by atoms with Crippen molar-refractivity contribution in [1.82, 2.24) is 15.1 Å². The van der Waals surface area contributed by atoms with Crippen LogP contribution in [0.2, 0.25) is 0 Å². The molecule has 2 amide bonds. The minimum Gasteiger partial charge on any atom is -0.481 e. The van der Waals surface area contributed by atoms with E-state index < -0.39 is 5.97 Å². The summed E-state index contributed by atoms with van der Waals surface area (Å²) in [7, 11) is 0. The molecule has 0 aromatic carbocycles. The maximum Gasteiger partial charge on any atom is 0.320 e. The predicted molar refractivity (Wildman–Crippen MR) is 71.0 cm³/mol. The Kier molecular flexibility index (Phi) is 4.63. The Balaban J connectivity index is 1.91. The number of urea groups is 1. The highest BCUT2D eigenvalue weighted by atomic mass is 16.4. The molecule has 0 saturated carbocycles. The van der Waals surface area contributed by atoms with Crippen molar-refractivity contribution in [3.05, 3.63) is 0 Å². The number of carbonyl (C=O) groups is 2. The van der Waals surface area contributed by atoms with E-state index in [2.05, 4.69) is 12.2 Å². The van der Waals surface area contributed by atoms with Gasteiger partial charge < -0.3 is 20.2 Å². The topological polar surface area (TPSA) is 72.9 Å². The van der Waals surface area contributed by atoms with Crippen molar-refractivity contribution in [2.45, 2.75) is 32.2 Å². The quantitative estimate of drug-likeness (QED) is 0.783. The number of hydrogen-bond donors (Lipinski definition) is 2. The minimum absolute atomic E-state index is 0.0197. The number of nitrogens with one attached hydrogen (secondary N) is 1. The number of carboxylic acid groups (broad SMARTS) is 1. The molecule has 0 aliphatic carbocycles. The standard InChI is InChI=1S/C13H23N3O3/c1-2-7-16(11-3-5-14-6-4-11)13(19)15-8-10(9-15)12(17)18/h10-11,14H,2-9H2,1H3,(H,17,18). The van der Waals surface area contributed by atoms with Crippen LogP contribution in [0.25, 0.3) is 0 Å². The van der Waals surface area contributed by atoms with Crippen molar-refractivity contribution < 1.29 is 14.7 Å². The molecular formula is C13H23N3O3. The van der Waals surface area contributed by atoms with Gasteiger partial charge in [0.15, 0.2) is 0 Å². The number of amides is 2. The number of aliphatic carboxylic acids is 1. The maximum absolute atomic E-state index is 12.4. The van der Waals surface area contributed by atoms with Gasteiger partial charge in [-0.25, -0.2) is 4.79 Å². The van der Waals surface area contributed by atoms with Crippen molar-refractivity contribution >= 4 is 12.0 Å². The number of hydrogen-bond acceptors (Lipinski definition) is 3. The first-order chi connectivity index (χ1) is 9.13. The molecule has 2 heterocycles. The van der Waals surface area contributed by atoms with Crippen LogP contribution < -0.4 is 5.32 Å². The van der Waals surface area contributed by atoms with Crippen LogP contribution in [0.5, 0.6) is 0 Å². The van der Waals surface area contributed by atoms with Crippen LogP contribution in [-0.2, 0) is 4.79 Å². The third kappa shape index (κ3) is 3.18. The Labute approximate surface area is 113 Å². The lowest BCUT2D eigenvalue weighted by molar-refractivity contribution is -0.146. The fraction of sp³-hybridized carbons (Fsp3) is 0.846. The molecular weight excluding hydrogens is 246 g/mol. The van der Waals surface area contributed by atoms with E-state index in [9.17, 15) is 9.59 Å². The maximum atomic E-state index is 12.4. The van der Waals surface area contributed by atoms with Gasteiger partial charge in [0.25, 0.3) is 0 Å². The van der Waals surface area contributed by atoms with Crippen molar-refractivity contribution in [2.75, 3.05) is 32.7 Å². The van der Waals surface area contributed by atoms with Crippen LogP contribution in [0.15, 0.2) is 0 Å². The number of piperidine rings is 1. The highest BCUT2D eigenvalue weighted by Gasteiger charge is 2.39. The molecule has 6 nitrogen and oxygen atoms in total. The third-order valence-corrected chi connectivity index (χ3v) is 3.96. The number of rotatable bonds is 4. The van der Waals surface area contributed by atoms with Gasteiger partial charge in [0.1, 0.15) is 0 Å². The molecule has 0 bridgehead atoms. The van der Waals surface area contributed by atoms with Crippen LogP contribution in [0, 0.1) is 5.92 Å². The highest BCUT2D eigenvalue weighted by Crippen LogP contribution is 2.21. The zero-order chi connectivity index (χ0) is 13.8. The second kappa shape index (κ2) is 6.23. The van der Waals surface area contributed by atoms with E-state index in [1.807, 2.05) is 4.90 Å². The minimum atomic E-state index is -0.798. The third-order valence-electron chi connectivity index (χ3n) is 3.96. The van der Waals surface area contributed by atoms with Crippen LogP contribution in [-0.4, -0.2) is 65.7 Å². The van der Waals surface area contributed by atoms with Crippen LogP contribution in [0.1, 0.15) is 26.2 Å². The van der Waals surface area contributed by atoms with E-state index in [-0.39, 0.29) is 11.9 Å². The summed E-state index contributed by atoms with van der Waals surface area (Å²) in [6, 6.07) is 0.323. The summed E-state index contributed by atoms with van der Waals surface area (Å²) in [6.07, 6.45) is 2.91. The Morgan fingerprint density at radius 1 is 1.32 bits per heavy atom. The summed E-state index contributed by atoms with van der Waals surface area (Å²) in [5, 5.41) is 12.2. The first kappa shape index (κ1) is 14.1. The lowest BCUT2D eigenvalue weighted by Crippen LogP contribution is -2.59.